The van der Waals surface area contributed by atoms with Gasteiger partial charge < -0.3 is 19.7 Å². The van der Waals surface area contributed by atoms with E-state index < -0.39 is 28.5 Å². The van der Waals surface area contributed by atoms with E-state index in [0.29, 0.717) is 34.3 Å². The van der Waals surface area contributed by atoms with Crippen LogP contribution in [-0.2, 0) is 26.2 Å². The van der Waals surface area contributed by atoms with Gasteiger partial charge in [-0.05, 0) is 42.2 Å². The SMILES string of the molecule is CCC(C(=O)NCC(C)C)N(Cc1ccc(Cl)cc1Cl)C(=O)CN(c1cc(OC)ccc1OC)S(C)(=O)=O. The summed E-state index contributed by atoms with van der Waals surface area (Å²) in [5.41, 5.74) is 0.689. The fourth-order valence-corrected chi connectivity index (χ4v) is 5.08. The maximum Gasteiger partial charge on any atom is 0.244 e. The van der Waals surface area contributed by atoms with Gasteiger partial charge in [0, 0.05) is 29.2 Å². The van der Waals surface area contributed by atoms with E-state index in [0.717, 1.165) is 10.6 Å². The summed E-state index contributed by atoms with van der Waals surface area (Å²) in [5, 5.41) is 3.62. The van der Waals surface area contributed by atoms with Gasteiger partial charge in [0.15, 0.2) is 0 Å². The molecule has 2 aromatic carbocycles. The van der Waals surface area contributed by atoms with Crippen molar-refractivity contribution in [3.8, 4) is 11.5 Å². The van der Waals surface area contributed by atoms with Crippen molar-refractivity contribution < 1.29 is 27.5 Å². The van der Waals surface area contributed by atoms with Crippen molar-refractivity contribution in [1.29, 1.82) is 0 Å². The number of nitrogens with zero attached hydrogens (tertiary/aromatic N) is 2. The molecule has 9 nitrogen and oxygen atoms in total. The van der Waals surface area contributed by atoms with E-state index in [-0.39, 0.29) is 29.8 Å². The minimum atomic E-state index is -3.96. The van der Waals surface area contributed by atoms with Crippen LogP contribution >= 0.6 is 23.2 Å². The van der Waals surface area contributed by atoms with E-state index in [1.807, 2.05) is 13.8 Å². The number of ether oxygens (including phenoxy) is 2. The molecule has 0 aliphatic heterocycles. The van der Waals surface area contributed by atoms with Crippen LogP contribution < -0.4 is 19.1 Å². The van der Waals surface area contributed by atoms with Gasteiger partial charge in [0.2, 0.25) is 21.8 Å². The van der Waals surface area contributed by atoms with Gasteiger partial charge in [-0.2, -0.15) is 0 Å². The number of carbonyl (C=O) groups is 2. The molecule has 2 rings (SSSR count). The molecule has 0 saturated heterocycles. The highest BCUT2D eigenvalue weighted by molar-refractivity contribution is 7.92. The average molecular weight is 589 g/mol. The largest absolute Gasteiger partial charge is 0.497 e. The van der Waals surface area contributed by atoms with Gasteiger partial charge in [-0.1, -0.05) is 50.0 Å². The molecule has 210 valence electrons. The first-order chi connectivity index (χ1) is 17.8. The number of methoxy groups -OCH3 is 2. The molecule has 0 aromatic heterocycles. The Kier molecular flexibility index (Phi) is 11.5. The molecule has 1 unspecified atom stereocenters. The number of nitrogens with one attached hydrogen (secondary N) is 1. The van der Waals surface area contributed by atoms with Crippen LogP contribution in [0.2, 0.25) is 10.0 Å². The Bertz CT molecular complexity index is 1240. The molecule has 0 radical (unpaired) electrons. The lowest BCUT2D eigenvalue weighted by Gasteiger charge is -2.33. The molecule has 38 heavy (non-hydrogen) atoms. The maximum atomic E-state index is 13.9. The lowest BCUT2D eigenvalue weighted by Crippen LogP contribution is -2.52. The Morgan fingerprint density at radius 1 is 1.05 bits per heavy atom. The van der Waals surface area contributed by atoms with E-state index >= 15 is 0 Å². The van der Waals surface area contributed by atoms with E-state index in [2.05, 4.69) is 5.32 Å². The third-order valence-corrected chi connectivity index (χ3v) is 7.47. The molecule has 0 aliphatic rings. The summed E-state index contributed by atoms with van der Waals surface area (Å²) in [6.45, 7) is 5.52. The van der Waals surface area contributed by atoms with Gasteiger partial charge in [0.25, 0.3) is 0 Å². The number of anilines is 1. The van der Waals surface area contributed by atoms with Gasteiger partial charge in [0.1, 0.15) is 24.1 Å². The van der Waals surface area contributed by atoms with Gasteiger partial charge >= 0.3 is 0 Å². The first kappa shape index (κ1) is 31.5. The summed E-state index contributed by atoms with van der Waals surface area (Å²) in [6, 6.07) is 8.62. The summed E-state index contributed by atoms with van der Waals surface area (Å²) in [6.07, 6.45) is 1.29. The van der Waals surface area contributed by atoms with Gasteiger partial charge in [-0.15, -0.1) is 0 Å². The van der Waals surface area contributed by atoms with Crippen molar-refractivity contribution in [2.45, 2.75) is 39.8 Å². The molecule has 0 spiro atoms. The molecule has 12 heteroatoms. The van der Waals surface area contributed by atoms with Crippen molar-refractivity contribution in [1.82, 2.24) is 10.2 Å². The van der Waals surface area contributed by atoms with E-state index in [9.17, 15) is 18.0 Å². The molecular weight excluding hydrogens is 553 g/mol. The number of rotatable bonds is 13. The van der Waals surface area contributed by atoms with Crippen LogP contribution in [0.4, 0.5) is 5.69 Å². The van der Waals surface area contributed by atoms with Crippen molar-refractivity contribution in [3.63, 3.8) is 0 Å². The average Bonchev–Trinajstić information content (AvgIpc) is 2.85. The molecular formula is C26H35Cl2N3O6S. The number of carbonyl (C=O) groups excluding carboxylic acids is 2. The van der Waals surface area contributed by atoms with Crippen LogP contribution in [0.3, 0.4) is 0 Å². The molecule has 2 aromatic rings. The predicted molar refractivity (Wildman–Crippen MR) is 151 cm³/mol. The minimum absolute atomic E-state index is 0.0325. The zero-order chi connectivity index (χ0) is 28.6. The monoisotopic (exact) mass is 587 g/mol. The summed E-state index contributed by atoms with van der Waals surface area (Å²) in [4.78, 5) is 28.4. The van der Waals surface area contributed by atoms with E-state index in [1.54, 1.807) is 37.3 Å². The second kappa shape index (κ2) is 13.9. The van der Waals surface area contributed by atoms with E-state index in [4.69, 9.17) is 32.7 Å². The number of sulfonamides is 1. The van der Waals surface area contributed by atoms with Crippen LogP contribution in [0.5, 0.6) is 11.5 Å². The summed E-state index contributed by atoms with van der Waals surface area (Å²) in [5.74, 6) is -0.126. The summed E-state index contributed by atoms with van der Waals surface area (Å²) < 4.78 is 37.4. The molecule has 2 amide bonds. The number of halogens is 2. The lowest BCUT2D eigenvalue weighted by molar-refractivity contribution is -0.140. The van der Waals surface area contributed by atoms with Gasteiger partial charge in [-0.3, -0.25) is 13.9 Å². The van der Waals surface area contributed by atoms with Crippen molar-refractivity contribution in [2.24, 2.45) is 5.92 Å². The van der Waals surface area contributed by atoms with Crippen LogP contribution in [0.15, 0.2) is 36.4 Å². The highest BCUT2D eigenvalue weighted by atomic mass is 35.5. The Morgan fingerprint density at radius 2 is 1.74 bits per heavy atom. The zero-order valence-electron chi connectivity index (χ0n) is 22.5. The molecule has 0 fully saturated rings. The molecule has 0 aliphatic carbocycles. The summed E-state index contributed by atoms with van der Waals surface area (Å²) in [7, 11) is -1.12. The standard InChI is InChI=1S/C26H35Cl2N3O6S/c1-7-22(26(33)29-14-17(2)3)30(15-18-8-9-19(27)12-21(18)28)25(32)16-31(38(6,34)35)23-13-20(36-4)10-11-24(23)37-5/h8-13,17,22H,7,14-16H2,1-6H3,(H,29,33). The maximum absolute atomic E-state index is 13.9. The fraction of sp³-hybridized carbons (Fsp3) is 0.462. The molecule has 1 N–H and O–H groups in total. The molecule has 0 heterocycles. The third-order valence-electron chi connectivity index (χ3n) is 5.76. The van der Waals surface area contributed by atoms with Crippen molar-refractivity contribution in [2.75, 3.05) is 37.9 Å². The van der Waals surface area contributed by atoms with Gasteiger partial charge in [-0.25, -0.2) is 8.42 Å². The van der Waals surface area contributed by atoms with Crippen LogP contribution in [-0.4, -0.2) is 64.7 Å². The Balaban J connectivity index is 2.55. The molecule has 0 saturated carbocycles. The Hall–Kier alpha value is -2.69. The number of hydrogen-bond donors (Lipinski definition) is 1. The van der Waals surface area contributed by atoms with E-state index in [1.165, 1.54) is 25.2 Å². The normalized spacial score (nSPS) is 12.1. The Morgan fingerprint density at radius 3 is 2.26 bits per heavy atom. The fourth-order valence-electron chi connectivity index (χ4n) is 3.76. The summed E-state index contributed by atoms with van der Waals surface area (Å²) >= 11 is 12.4. The van der Waals surface area contributed by atoms with Crippen LogP contribution in [0.25, 0.3) is 0 Å². The van der Waals surface area contributed by atoms with Crippen LogP contribution in [0, 0.1) is 5.92 Å². The molecule has 0 bridgehead atoms. The van der Waals surface area contributed by atoms with Gasteiger partial charge in [0.05, 0.1) is 26.2 Å². The molecule has 1 atom stereocenters. The third kappa shape index (κ3) is 8.41. The first-order valence-corrected chi connectivity index (χ1v) is 14.6. The Labute approximate surface area is 235 Å². The zero-order valence-corrected chi connectivity index (χ0v) is 24.8. The number of benzene rings is 2. The minimum Gasteiger partial charge on any atom is -0.497 e. The highest BCUT2D eigenvalue weighted by Gasteiger charge is 2.33. The number of hydrogen-bond acceptors (Lipinski definition) is 6. The topological polar surface area (TPSA) is 105 Å². The quantitative estimate of drug-likeness (QED) is 0.373. The first-order valence-electron chi connectivity index (χ1n) is 12.0. The second-order valence-corrected chi connectivity index (χ2v) is 11.9. The number of amides is 2. The van der Waals surface area contributed by atoms with Crippen molar-refractivity contribution >= 4 is 50.7 Å². The van der Waals surface area contributed by atoms with Crippen molar-refractivity contribution in [3.05, 3.63) is 52.0 Å². The highest BCUT2D eigenvalue weighted by Crippen LogP contribution is 2.34. The smallest absolute Gasteiger partial charge is 0.244 e. The second-order valence-electron chi connectivity index (χ2n) is 9.13. The van der Waals surface area contributed by atoms with Crippen LogP contribution in [0.1, 0.15) is 32.8 Å². The lowest BCUT2D eigenvalue weighted by atomic mass is 10.1. The predicted octanol–water partition coefficient (Wildman–Crippen LogP) is 4.36.